The highest BCUT2D eigenvalue weighted by Gasteiger charge is 2.23. The first-order chi connectivity index (χ1) is 9.22. The van der Waals surface area contributed by atoms with Crippen molar-refractivity contribution < 1.29 is 9.47 Å². The number of aryl methyl sites for hydroxylation is 2. The van der Waals surface area contributed by atoms with Gasteiger partial charge in [-0.3, -0.25) is 0 Å². The summed E-state index contributed by atoms with van der Waals surface area (Å²) in [4.78, 5) is 0. The Kier molecular flexibility index (Phi) is 3.26. The van der Waals surface area contributed by atoms with Crippen LogP contribution in [0.1, 0.15) is 11.1 Å². The molecule has 1 heterocycles. The molecule has 98 valence electrons. The zero-order valence-electron chi connectivity index (χ0n) is 11.3. The van der Waals surface area contributed by atoms with Crippen LogP contribution >= 0.6 is 0 Å². The summed E-state index contributed by atoms with van der Waals surface area (Å²) in [5.74, 6) is 0.945. The highest BCUT2D eigenvalue weighted by atomic mass is 16.6. The number of hydrogen-bond acceptors (Lipinski definition) is 2. The van der Waals surface area contributed by atoms with Crippen LogP contribution in [0.3, 0.4) is 0 Å². The Hall–Kier alpha value is -1.80. The van der Waals surface area contributed by atoms with Gasteiger partial charge >= 0.3 is 0 Å². The van der Waals surface area contributed by atoms with Crippen molar-refractivity contribution in [1.82, 2.24) is 0 Å². The Labute approximate surface area is 114 Å². The molecule has 1 saturated heterocycles. The predicted molar refractivity (Wildman–Crippen MR) is 76.6 cm³/mol. The lowest BCUT2D eigenvalue weighted by atomic mass is 10.0. The van der Waals surface area contributed by atoms with Gasteiger partial charge in [0.05, 0.1) is 6.61 Å². The molecule has 2 heteroatoms. The average Bonchev–Trinajstić information content (AvgIpc) is 3.20. The number of rotatable bonds is 4. The summed E-state index contributed by atoms with van der Waals surface area (Å²) < 4.78 is 11.1. The Morgan fingerprint density at radius 1 is 1.11 bits per heavy atom. The minimum atomic E-state index is 0.283. The van der Waals surface area contributed by atoms with Gasteiger partial charge in [-0.15, -0.1) is 0 Å². The van der Waals surface area contributed by atoms with Gasteiger partial charge in [0.15, 0.2) is 0 Å². The monoisotopic (exact) mass is 254 g/mol. The molecule has 0 amide bonds. The standard InChI is InChI=1S/C17H18O2/c1-12-4-3-5-14(8-12)16-7-6-13(2)9-17(16)19-11-15-10-18-15/h3-9,15H,10-11H2,1-2H3. The van der Waals surface area contributed by atoms with Crippen molar-refractivity contribution >= 4 is 0 Å². The Morgan fingerprint density at radius 3 is 2.63 bits per heavy atom. The lowest BCUT2D eigenvalue weighted by Gasteiger charge is -2.12. The molecule has 1 fully saturated rings. The molecule has 0 bridgehead atoms. The van der Waals surface area contributed by atoms with Crippen LogP contribution in [0.5, 0.6) is 5.75 Å². The summed E-state index contributed by atoms with van der Waals surface area (Å²) >= 11 is 0. The molecule has 1 aliphatic rings. The Bertz CT molecular complexity index is 586. The van der Waals surface area contributed by atoms with E-state index < -0.39 is 0 Å². The Morgan fingerprint density at radius 2 is 1.89 bits per heavy atom. The molecule has 0 saturated carbocycles. The quantitative estimate of drug-likeness (QED) is 0.775. The molecule has 2 aromatic carbocycles. The van der Waals surface area contributed by atoms with Crippen molar-refractivity contribution in [2.45, 2.75) is 20.0 Å². The minimum absolute atomic E-state index is 0.283. The molecule has 0 N–H and O–H groups in total. The van der Waals surface area contributed by atoms with Gasteiger partial charge in [0.25, 0.3) is 0 Å². The third-order valence-corrected chi connectivity index (χ3v) is 3.29. The molecule has 0 spiro atoms. The predicted octanol–water partition coefficient (Wildman–Crippen LogP) is 3.75. The van der Waals surface area contributed by atoms with Crippen LogP contribution in [0.2, 0.25) is 0 Å². The molecule has 1 aliphatic heterocycles. The molecule has 0 aromatic heterocycles. The van der Waals surface area contributed by atoms with Crippen LogP contribution in [0.25, 0.3) is 11.1 Å². The first-order valence-electron chi connectivity index (χ1n) is 6.64. The lowest BCUT2D eigenvalue weighted by Crippen LogP contribution is -2.05. The SMILES string of the molecule is Cc1cccc(-c2ccc(C)cc2OCC2CO2)c1. The molecular formula is C17H18O2. The van der Waals surface area contributed by atoms with E-state index in [0.29, 0.717) is 6.61 Å². The van der Waals surface area contributed by atoms with Gasteiger partial charge in [0, 0.05) is 5.56 Å². The van der Waals surface area contributed by atoms with E-state index in [4.69, 9.17) is 9.47 Å². The highest BCUT2D eigenvalue weighted by molar-refractivity contribution is 5.71. The average molecular weight is 254 g/mol. The van der Waals surface area contributed by atoms with E-state index in [9.17, 15) is 0 Å². The molecule has 19 heavy (non-hydrogen) atoms. The smallest absolute Gasteiger partial charge is 0.127 e. The molecule has 2 aromatic rings. The number of epoxide rings is 1. The van der Waals surface area contributed by atoms with Crippen molar-refractivity contribution in [3.63, 3.8) is 0 Å². The lowest BCUT2D eigenvalue weighted by molar-refractivity contribution is 0.264. The van der Waals surface area contributed by atoms with E-state index >= 15 is 0 Å². The van der Waals surface area contributed by atoms with Crippen LogP contribution in [0, 0.1) is 13.8 Å². The van der Waals surface area contributed by atoms with Crippen LogP contribution in [0.4, 0.5) is 0 Å². The number of benzene rings is 2. The van der Waals surface area contributed by atoms with Crippen LogP contribution < -0.4 is 4.74 Å². The highest BCUT2D eigenvalue weighted by Crippen LogP contribution is 2.32. The van der Waals surface area contributed by atoms with Gasteiger partial charge in [0.2, 0.25) is 0 Å². The van der Waals surface area contributed by atoms with Crippen molar-refractivity contribution in [2.24, 2.45) is 0 Å². The molecule has 2 nitrogen and oxygen atoms in total. The van der Waals surface area contributed by atoms with E-state index in [1.807, 2.05) is 0 Å². The van der Waals surface area contributed by atoms with Crippen LogP contribution in [-0.2, 0) is 4.74 Å². The summed E-state index contributed by atoms with van der Waals surface area (Å²) in [6, 6.07) is 14.9. The largest absolute Gasteiger partial charge is 0.490 e. The third kappa shape index (κ3) is 2.96. The fourth-order valence-corrected chi connectivity index (χ4v) is 2.15. The van der Waals surface area contributed by atoms with Crippen molar-refractivity contribution in [2.75, 3.05) is 13.2 Å². The maximum Gasteiger partial charge on any atom is 0.127 e. The maximum absolute atomic E-state index is 5.91. The molecule has 0 radical (unpaired) electrons. The fourth-order valence-electron chi connectivity index (χ4n) is 2.15. The first kappa shape index (κ1) is 12.2. The van der Waals surface area contributed by atoms with E-state index in [2.05, 4.69) is 56.3 Å². The van der Waals surface area contributed by atoms with Crippen molar-refractivity contribution in [3.8, 4) is 16.9 Å². The third-order valence-electron chi connectivity index (χ3n) is 3.29. The number of hydrogen-bond donors (Lipinski definition) is 0. The van der Waals surface area contributed by atoms with Crippen molar-refractivity contribution in [3.05, 3.63) is 53.6 Å². The van der Waals surface area contributed by atoms with Gasteiger partial charge < -0.3 is 9.47 Å². The second-order valence-corrected chi connectivity index (χ2v) is 5.14. The van der Waals surface area contributed by atoms with E-state index in [1.165, 1.54) is 16.7 Å². The summed E-state index contributed by atoms with van der Waals surface area (Å²) in [7, 11) is 0. The number of ether oxygens (including phenoxy) is 2. The topological polar surface area (TPSA) is 21.8 Å². The summed E-state index contributed by atoms with van der Waals surface area (Å²) in [6.07, 6.45) is 0.283. The zero-order chi connectivity index (χ0) is 13.2. The Balaban J connectivity index is 1.94. The molecule has 1 unspecified atom stereocenters. The molecule has 1 atom stereocenters. The van der Waals surface area contributed by atoms with Gasteiger partial charge in [-0.1, -0.05) is 42.0 Å². The molecular weight excluding hydrogens is 236 g/mol. The van der Waals surface area contributed by atoms with Gasteiger partial charge in [-0.2, -0.15) is 0 Å². The second-order valence-electron chi connectivity index (χ2n) is 5.14. The van der Waals surface area contributed by atoms with Gasteiger partial charge in [-0.05, 0) is 31.0 Å². The van der Waals surface area contributed by atoms with E-state index in [1.54, 1.807) is 0 Å². The van der Waals surface area contributed by atoms with Crippen LogP contribution in [-0.4, -0.2) is 19.3 Å². The minimum Gasteiger partial charge on any atom is -0.490 e. The molecule has 3 rings (SSSR count). The normalized spacial score (nSPS) is 17.3. The maximum atomic E-state index is 5.91. The molecule has 0 aliphatic carbocycles. The summed E-state index contributed by atoms with van der Waals surface area (Å²) in [6.45, 7) is 5.66. The summed E-state index contributed by atoms with van der Waals surface area (Å²) in [5, 5.41) is 0. The van der Waals surface area contributed by atoms with Gasteiger partial charge in [-0.25, -0.2) is 0 Å². The van der Waals surface area contributed by atoms with Gasteiger partial charge in [0.1, 0.15) is 18.5 Å². The van der Waals surface area contributed by atoms with Crippen molar-refractivity contribution in [1.29, 1.82) is 0 Å². The zero-order valence-corrected chi connectivity index (χ0v) is 11.3. The first-order valence-corrected chi connectivity index (χ1v) is 6.64. The second kappa shape index (κ2) is 5.06. The fraction of sp³-hybridized carbons (Fsp3) is 0.294. The van der Waals surface area contributed by atoms with Crippen LogP contribution in [0.15, 0.2) is 42.5 Å². The van der Waals surface area contributed by atoms with E-state index in [0.717, 1.165) is 17.9 Å². The van der Waals surface area contributed by atoms with E-state index in [-0.39, 0.29) is 6.10 Å². The summed E-state index contributed by atoms with van der Waals surface area (Å²) in [5.41, 5.74) is 4.82.